The number of methoxy groups -OCH3 is 1. The van der Waals surface area contributed by atoms with Crippen molar-refractivity contribution >= 4 is 27.8 Å². The van der Waals surface area contributed by atoms with Crippen LogP contribution in [0.3, 0.4) is 0 Å². The maximum absolute atomic E-state index is 11.0. The maximum atomic E-state index is 11.0. The summed E-state index contributed by atoms with van der Waals surface area (Å²) in [7, 11) is 1.33. The van der Waals surface area contributed by atoms with Gasteiger partial charge in [0.25, 0.3) is 0 Å². The summed E-state index contributed by atoms with van der Waals surface area (Å²) >= 11 is 3.39. The van der Waals surface area contributed by atoms with E-state index < -0.39 is 0 Å². The smallest absolute Gasteiger partial charge is 0.325 e. The van der Waals surface area contributed by atoms with Crippen molar-refractivity contribution in [2.45, 2.75) is 0 Å². The average Bonchev–Trinajstić information content (AvgIpc) is 2.46. The van der Waals surface area contributed by atoms with Crippen LogP contribution in [0, 0.1) is 0 Å². The third-order valence-corrected chi connectivity index (χ3v) is 2.98. The molecule has 0 aliphatic carbocycles. The minimum atomic E-state index is -0.361. The molecule has 98 valence electrons. The van der Waals surface area contributed by atoms with Gasteiger partial charge in [0.2, 0.25) is 5.95 Å². The monoisotopic (exact) mass is 321 g/mol. The first kappa shape index (κ1) is 13.5. The molecule has 0 unspecified atom stereocenters. The molecule has 19 heavy (non-hydrogen) atoms. The lowest BCUT2D eigenvalue weighted by Gasteiger charge is -2.04. The van der Waals surface area contributed by atoms with Crippen LogP contribution in [0.4, 0.5) is 5.95 Å². The van der Waals surface area contributed by atoms with Crippen molar-refractivity contribution in [1.29, 1.82) is 0 Å². The van der Waals surface area contributed by atoms with Gasteiger partial charge in [-0.05, 0) is 17.7 Å². The molecule has 5 nitrogen and oxygen atoms in total. The van der Waals surface area contributed by atoms with Crippen LogP contribution in [-0.2, 0) is 9.53 Å². The fraction of sp³-hybridized carbons (Fsp3) is 0.154. The highest BCUT2D eigenvalue weighted by molar-refractivity contribution is 9.10. The van der Waals surface area contributed by atoms with Crippen LogP contribution in [0.2, 0.25) is 0 Å². The molecule has 1 aromatic carbocycles. The van der Waals surface area contributed by atoms with Crippen molar-refractivity contribution in [1.82, 2.24) is 9.97 Å². The first-order chi connectivity index (χ1) is 9.19. The van der Waals surface area contributed by atoms with Crippen LogP contribution in [0.5, 0.6) is 0 Å². The fourth-order valence-corrected chi connectivity index (χ4v) is 1.70. The Morgan fingerprint density at radius 3 is 2.42 bits per heavy atom. The summed E-state index contributed by atoms with van der Waals surface area (Å²) in [5.41, 5.74) is 1.94. The van der Waals surface area contributed by atoms with E-state index in [2.05, 4.69) is 36.0 Å². The van der Waals surface area contributed by atoms with Gasteiger partial charge in [-0.1, -0.05) is 28.1 Å². The number of halogens is 1. The summed E-state index contributed by atoms with van der Waals surface area (Å²) in [5.74, 6) is 0.0341. The predicted molar refractivity (Wildman–Crippen MR) is 75.7 cm³/mol. The van der Waals surface area contributed by atoms with E-state index in [1.807, 2.05) is 24.3 Å². The first-order valence-corrected chi connectivity index (χ1v) is 6.37. The number of hydrogen-bond acceptors (Lipinski definition) is 5. The molecule has 2 rings (SSSR count). The summed E-state index contributed by atoms with van der Waals surface area (Å²) in [5, 5.41) is 2.78. The Balaban J connectivity index is 2.06. The number of hydrogen-bond donors (Lipinski definition) is 1. The number of esters is 1. The number of carbonyl (C=O) groups excluding carboxylic acids is 1. The molecule has 0 bridgehead atoms. The van der Waals surface area contributed by atoms with Gasteiger partial charge < -0.3 is 10.1 Å². The fourth-order valence-electron chi connectivity index (χ4n) is 1.43. The molecule has 0 saturated heterocycles. The lowest BCUT2D eigenvalue weighted by Crippen LogP contribution is -2.16. The van der Waals surface area contributed by atoms with Crippen molar-refractivity contribution in [3.8, 4) is 11.1 Å². The second-order valence-electron chi connectivity index (χ2n) is 3.73. The van der Waals surface area contributed by atoms with Gasteiger partial charge in [-0.15, -0.1) is 0 Å². The Morgan fingerprint density at radius 1 is 1.21 bits per heavy atom. The van der Waals surface area contributed by atoms with Gasteiger partial charge in [0.1, 0.15) is 6.54 Å². The number of anilines is 1. The molecule has 0 fully saturated rings. The Morgan fingerprint density at radius 2 is 1.84 bits per heavy atom. The van der Waals surface area contributed by atoms with Crippen LogP contribution < -0.4 is 5.32 Å². The second-order valence-corrected chi connectivity index (χ2v) is 4.65. The minimum Gasteiger partial charge on any atom is -0.468 e. The molecular weight excluding hydrogens is 310 g/mol. The van der Waals surface area contributed by atoms with E-state index in [1.165, 1.54) is 7.11 Å². The quantitative estimate of drug-likeness (QED) is 0.876. The van der Waals surface area contributed by atoms with Gasteiger partial charge in [-0.3, -0.25) is 4.79 Å². The van der Waals surface area contributed by atoms with Gasteiger partial charge >= 0.3 is 5.97 Å². The van der Waals surface area contributed by atoms with E-state index in [9.17, 15) is 4.79 Å². The number of rotatable bonds is 4. The Labute approximate surface area is 119 Å². The Kier molecular flexibility index (Phi) is 4.46. The molecule has 0 aliphatic heterocycles. The molecule has 0 atom stereocenters. The molecule has 0 radical (unpaired) electrons. The topological polar surface area (TPSA) is 64.1 Å². The molecule has 0 aliphatic rings. The molecule has 1 heterocycles. The molecule has 6 heteroatoms. The Hall–Kier alpha value is -1.95. The van der Waals surface area contributed by atoms with Gasteiger partial charge in [-0.25, -0.2) is 9.97 Å². The molecule has 2 aromatic rings. The summed E-state index contributed by atoms with van der Waals surface area (Å²) < 4.78 is 5.54. The second kappa shape index (κ2) is 6.29. The lowest BCUT2D eigenvalue weighted by atomic mass is 10.1. The highest BCUT2D eigenvalue weighted by Crippen LogP contribution is 2.20. The van der Waals surface area contributed by atoms with E-state index in [0.717, 1.165) is 15.6 Å². The molecular formula is C13H12BrN3O2. The number of benzene rings is 1. The van der Waals surface area contributed by atoms with Gasteiger partial charge in [0.05, 0.1) is 7.11 Å². The lowest BCUT2D eigenvalue weighted by molar-refractivity contribution is -0.138. The molecule has 0 amide bonds. The average molecular weight is 322 g/mol. The summed E-state index contributed by atoms with van der Waals surface area (Å²) in [6.07, 6.45) is 3.41. The number of ether oxygens (including phenoxy) is 1. The largest absolute Gasteiger partial charge is 0.468 e. The highest BCUT2D eigenvalue weighted by Gasteiger charge is 2.03. The normalized spacial score (nSPS) is 10.0. The standard InChI is InChI=1S/C13H12BrN3O2/c1-19-12(18)8-17-13-15-6-10(7-16-13)9-2-4-11(14)5-3-9/h2-7H,8H2,1H3,(H,15,16,17). The van der Waals surface area contributed by atoms with Gasteiger partial charge in [0, 0.05) is 22.4 Å². The zero-order valence-corrected chi connectivity index (χ0v) is 11.8. The highest BCUT2D eigenvalue weighted by atomic mass is 79.9. The summed E-state index contributed by atoms with van der Waals surface area (Å²) in [4.78, 5) is 19.2. The van der Waals surface area contributed by atoms with Crippen LogP contribution in [0.25, 0.3) is 11.1 Å². The number of nitrogens with one attached hydrogen (secondary N) is 1. The molecule has 0 saturated carbocycles. The van der Waals surface area contributed by atoms with Crippen molar-refractivity contribution < 1.29 is 9.53 Å². The van der Waals surface area contributed by atoms with E-state index in [4.69, 9.17) is 0 Å². The third kappa shape index (κ3) is 3.75. The van der Waals surface area contributed by atoms with E-state index in [1.54, 1.807) is 12.4 Å². The van der Waals surface area contributed by atoms with Crippen LogP contribution in [0.15, 0.2) is 41.1 Å². The van der Waals surface area contributed by atoms with Crippen LogP contribution >= 0.6 is 15.9 Å². The molecule has 1 N–H and O–H groups in total. The minimum absolute atomic E-state index is 0.0497. The number of nitrogens with zero attached hydrogens (tertiary/aromatic N) is 2. The van der Waals surface area contributed by atoms with E-state index in [0.29, 0.717) is 5.95 Å². The molecule has 0 spiro atoms. The van der Waals surface area contributed by atoms with Crippen molar-refractivity contribution in [2.75, 3.05) is 19.0 Å². The number of aromatic nitrogens is 2. The first-order valence-electron chi connectivity index (χ1n) is 5.57. The van der Waals surface area contributed by atoms with Crippen molar-refractivity contribution in [2.24, 2.45) is 0 Å². The predicted octanol–water partition coefficient (Wildman–Crippen LogP) is 2.49. The van der Waals surface area contributed by atoms with Gasteiger partial charge in [0.15, 0.2) is 0 Å². The third-order valence-electron chi connectivity index (χ3n) is 2.45. The molecule has 1 aromatic heterocycles. The van der Waals surface area contributed by atoms with Gasteiger partial charge in [-0.2, -0.15) is 0 Å². The van der Waals surface area contributed by atoms with Crippen molar-refractivity contribution in [3.63, 3.8) is 0 Å². The zero-order valence-electron chi connectivity index (χ0n) is 10.3. The SMILES string of the molecule is COC(=O)CNc1ncc(-c2ccc(Br)cc2)cn1. The zero-order chi connectivity index (χ0) is 13.7. The maximum Gasteiger partial charge on any atom is 0.325 e. The van der Waals surface area contributed by atoms with Crippen molar-refractivity contribution in [3.05, 3.63) is 41.1 Å². The van der Waals surface area contributed by atoms with Crippen LogP contribution in [0.1, 0.15) is 0 Å². The van der Waals surface area contributed by atoms with E-state index >= 15 is 0 Å². The van der Waals surface area contributed by atoms with E-state index in [-0.39, 0.29) is 12.5 Å². The summed E-state index contributed by atoms with van der Waals surface area (Å²) in [6.45, 7) is 0.0497. The number of carbonyl (C=O) groups is 1. The summed E-state index contributed by atoms with van der Waals surface area (Å²) in [6, 6.07) is 7.87. The Bertz CT molecular complexity index is 555. The van der Waals surface area contributed by atoms with Crippen LogP contribution in [-0.4, -0.2) is 29.6 Å².